The second-order valence-corrected chi connectivity index (χ2v) is 6.75. The molecule has 1 saturated carbocycles. The fourth-order valence-electron chi connectivity index (χ4n) is 4.04. The molecule has 0 aromatic heterocycles. The molecule has 0 unspecified atom stereocenters. The fraction of sp³-hybridized carbons (Fsp3) is 0.647. The highest BCUT2D eigenvalue weighted by Gasteiger charge is 2.44. The Bertz CT molecular complexity index is 534. The zero-order valence-electron chi connectivity index (χ0n) is 12.5. The van der Waals surface area contributed by atoms with Crippen LogP contribution in [-0.4, -0.2) is 29.2 Å². The smallest absolute Gasteiger partial charge is 0.163 e. The summed E-state index contributed by atoms with van der Waals surface area (Å²) in [5.74, 6) is -1.46. The van der Waals surface area contributed by atoms with E-state index in [1.807, 2.05) is 0 Å². The molecule has 3 rings (SSSR count). The summed E-state index contributed by atoms with van der Waals surface area (Å²) in [6.45, 7) is 3.69. The van der Waals surface area contributed by atoms with Crippen LogP contribution in [0.2, 0.25) is 0 Å². The van der Waals surface area contributed by atoms with Crippen LogP contribution >= 0.6 is 0 Å². The molecule has 2 nitrogen and oxygen atoms in total. The van der Waals surface area contributed by atoms with Crippen LogP contribution in [0.5, 0.6) is 0 Å². The van der Waals surface area contributed by atoms with Crippen LogP contribution in [0.25, 0.3) is 0 Å². The average Bonchev–Trinajstić information content (AvgIpc) is 2.81. The van der Waals surface area contributed by atoms with Crippen LogP contribution < -0.4 is 0 Å². The molecule has 1 N–H and O–H groups in total. The Hall–Kier alpha value is -1.00. The highest BCUT2D eigenvalue weighted by Crippen LogP contribution is 2.45. The van der Waals surface area contributed by atoms with E-state index in [9.17, 15) is 13.9 Å². The standard InChI is InChI=1S/C17H23F2NO/c1-12-5-6-13(16(19)15(12)18)10-20-9-3-8-17(11-20)7-2-4-14(17)21/h5-6,14,21H,2-4,7-11H2,1H3/t14-,17-/m1/s1. The monoisotopic (exact) mass is 295 g/mol. The third kappa shape index (κ3) is 2.71. The van der Waals surface area contributed by atoms with Crippen LogP contribution in [-0.2, 0) is 6.54 Å². The van der Waals surface area contributed by atoms with E-state index < -0.39 is 11.6 Å². The lowest BCUT2D eigenvalue weighted by Crippen LogP contribution is -2.46. The minimum atomic E-state index is -0.736. The first-order chi connectivity index (χ1) is 10.0. The highest BCUT2D eigenvalue weighted by molar-refractivity contribution is 5.25. The molecule has 1 heterocycles. The molecule has 1 aliphatic carbocycles. The van der Waals surface area contributed by atoms with E-state index in [2.05, 4.69) is 4.90 Å². The van der Waals surface area contributed by atoms with Crippen LogP contribution in [0.1, 0.15) is 43.2 Å². The van der Waals surface area contributed by atoms with Gasteiger partial charge in [-0.2, -0.15) is 0 Å². The number of likely N-dealkylation sites (tertiary alicyclic amines) is 1. The number of rotatable bonds is 2. The van der Waals surface area contributed by atoms with E-state index in [0.29, 0.717) is 17.7 Å². The van der Waals surface area contributed by atoms with Crippen molar-refractivity contribution in [2.45, 2.75) is 51.7 Å². The van der Waals surface area contributed by atoms with Gasteiger partial charge in [0.05, 0.1) is 6.10 Å². The van der Waals surface area contributed by atoms with Crippen molar-refractivity contribution in [3.05, 3.63) is 34.9 Å². The van der Waals surface area contributed by atoms with E-state index in [1.54, 1.807) is 19.1 Å². The molecule has 4 heteroatoms. The van der Waals surface area contributed by atoms with E-state index in [4.69, 9.17) is 0 Å². The number of halogens is 2. The summed E-state index contributed by atoms with van der Waals surface area (Å²) in [7, 11) is 0. The first-order valence-electron chi connectivity index (χ1n) is 7.86. The van der Waals surface area contributed by atoms with Gasteiger partial charge in [0, 0.05) is 24.1 Å². The quantitative estimate of drug-likeness (QED) is 0.904. The van der Waals surface area contributed by atoms with Gasteiger partial charge in [-0.3, -0.25) is 4.90 Å². The molecule has 0 radical (unpaired) electrons. The minimum Gasteiger partial charge on any atom is -0.393 e. The summed E-state index contributed by atoms with van der Waals surface area (Å²) < 4.78 is 27.7. The molecule has 1 aliphatic heterocycles. The van der Waals surface area contributed by atoms with E-state index >= 15 is 0 Å². The summed E-state index contributed by atoms with van der Waals surface area (Å²) in [5, 5.41) is 10.3. The maximum atomic E-state index is 14.0. The van der Waals surface area contributed by atoms with Gasteiger partial charge in [0.2, 0.25) is 0 Å². The van der Waals surface area contributed by atoms with Crippen LogP contribution in [0.4, 0.5) is 8.78 Å². The van der Waals surface area contributed by atoms with Gasteiger partial charge in [0.1, 0.15) is 0 Å². The number of aliphatic hydroxyl groups excluding tert-OH is 1. The molecular weight excluding hydrogens is 272 g/mol. The predicted octanol–water partition coefficient (Wildman–Crippen LogP) is 3.40. The third-order valence-corrected chi connectivity index (χ3v) is 5.30. The molecule has 0 amide bonds. The maximum Gasteiger partial charge on any atom is 0.163 e. The third-order valence-electron chi connectivity index (χ3n) is 5.30. The van der Waals surface area contributed by atoms with Gasteiger partial charge in [-0.15, -0.1) is 0 Å². The number of benzene rings is 1. The van der Waals surface area contributed by atoms with Crippen molar-refractivity contribution in [2.75, 3.05) is 13.1 Å². The van der Waals surface area contributed by atoms with E-state index in [0.717, 1.165) is 45.2 Å². The van der Waals surface area contributed by atoms with Gasteiger partial charge in [-0.1, -0.05) is 18.6 Å². The highest BCUT2D eigenvalue weighted by atomic mass is 19.2. The van der Waals surface area contributed by atoms with Gasteiger partial charge in [0.15, 0.2) is 11.6 Å². The van der Waals surface area contributed by atoms with E-state index in [1.165, 1.54) is 0 Å². The van der Waals surface area contributed by atoms with Gasteiger partial charge in [-0.25, -0.2) is 8.78 Å². The molecule has 1 aromatic carbocycles. The Morgan fingerprint density at radius 2 is 2.00 bits per heavy atom. The fourth-order valence-corrected chi connectivity index (χ4v) is 4.04. The SMILES string of the molecule is Cc1ccc(CN2CCC[C@]3(CCC[C@H]3O)C2)c(F)c1F. The predicted molar refractivity (Wildman–Crippen MR) is 77.9 cm³/mol. The lowest BCUT2D eigenvalue weighted by Gasteiger charge is -2.42. The molecule has 1 saturated heterocycles. The average molecular weight is 295 g/mol. The van der Waals surface area contributed by atoms with E-state index in [-0.39, 0.29) is 11.5 Å². The summed E-state index contributed by atoms with van der Waals surface area (Å²) in [6, 6.07) is 3.32. The zero-order valence-corrected chi connectivity index (χ0v) is 12.5. The molecule has 2 atom stereocenters. The van der Waals surface area contributed by atoms with Crippen LogP contribution in [0.3, 0.4) is 0 Å². The molecule has 2 fully saturated rings. The minimum absolute atomic E-state index is 0.0159. The number of hydrogen-bond donors (Lipinski definition) is 1. The lowest BCUT2D eigenvalue weighted by atomic mass is 9.76. The normalized spacial score (nSPS) is 30.2. The largest absolute Gasteiger partial charge is 0.393 e. The number of aryl methyl sites for hydroxylation is 1. The van der Waals surface area contributed by atoms with Crippen molar-refractivity contribution < 1.29 is 13.9 Å². The lowest BCUT2D eigenvalue weighted by molar-refractivity contribution is -0.0123. The Morgan fingerprint density at radius 1 is 1.24 bits per heavy atom. The van der Waals surface area contributed by atoms with Crippen molar-refractivity contribution in [1.29, 1.82) is 0 Å². The van der Waals surface area contributed by atoms with Crippen molar-refractivity contribution in [2.24, 2.45) is 5.41 Å². The molecule has 1 spiro atoms. The Kier molecular flexibility index (Phi) is 4.02. The molecule has 116 valence electrons. The summed E-state index contributed by atoms with van der Waals surface area (Å²) in [5.41, 5.74) is 0.748. The summed E-state index contributed by atoms with van der Waals surface area (Å²) in [4.78, 5) is 2.17. The Morgan fingerprint density at radius 3 is 2.71 bits per heavy atom. The topological polar surface area (TPSA) is 23.5 Å². The van der Waals surface area contributed by atoms with Crippen LogP contribution in [0.15, 0.2) is 12.1 Å². The first-order valence-corrected chi connectivity index (χ1v) is 7.86. The molecule has 2 aliphatic rings. The van der Waals surface area contributed by atoms with Gasteiger partial charge < -0.3 is 5.11 Å². The number of piperidine rings is 1. The summed E-state index contributed by atoms with van der Waals surface area (Å²) >= 11 is 0. The van der Waals surface area contributed by atoms with Crippen molar-refractivity contribution in [1.82, 2.24) is 4.90 Å². The summed E-state index contributed by atoms with van der Waals surface area (Å²) in [6.07, 6.45) is 4.83. The van der Waals surface area contributed by atoms with Crippen LogP contribution in [0, 0.1) is 24.0 Å². The molecule has 21 heavy (non-hydrogen) atoms. The van der Waals surface area contributed by atoms with Gasteiger partial charge in [-0.05, 0) is 44.7 Å². The maximum absolute atomic E-state index is 14.0. The van der Waals surface area contributed by atoms with Crippen molar-refractivity contribution in [3.8, 4) is 0 Å². The zero-order chi connectivity index (χ0) is 15.0. The molecule has 1 aromatic rings. The second-order valence-electron chi connectivity index (χ2n) is 6.75. The second kappa shape index (κ2) is 5.65. The molecule has 0 bridgehead atoms. The number of nitrogens with zero attached hydrogens (tertiary/aromatic N) is 1. The molecular formula is C17H23F2NO. The number of hydrogen-bond acceptors (Lipinski definition) is 2. The van der Waals surface area contributed by atoms with Crippen molar-refractivity contribution in [3.63, 3.8) is 0 Å². The van der Waals surface area contributed by atoms with Gasteiger partial charge in [0.25, 0.3) is 0 Å². The Labute approximate surface area is 124 Å². The van der Waals surface area contributed by atoms with Gasteiger partial charge >= 0.3 is 0 Å². The first kappa shape index (κ1) is 14.9. The Balaban J connectivity index is 1.75. The van der Waals surface area contributed by atoms with Crippen molar-refractivity contribution >= 4 is 0 Å². The number of aliphatic hydroxyl groups is 1.